The molecule has 2 heterocycles. The van der Waals surface area contributed by atoms with Crippen molar-refractivity contribution in [2.45, 2.75) is 13.8 Å². The normalized spacial score (nSPS) is 10.5. The van der Waals surface area contributed by atoms with Gasteiger partial charge < -0.3 is 5.32 Å². The summed E-state index contributed by atoms with van der Waals surface area (Å²) in [4.78, 5) is 0. The highest BCUT2D eigenvalue weighted by molar-refractivity contribution is 9.10. The molecular weight excluding hydrogens is 286 g/mol. The zero-order valence-corrected chi connectivity index (χ0v) is 11.7. The van der Waals surface area contributed by atoms with E-state index >= 15 is 0 Å². The third kappa shape index (κ3) is 1.85. The van der Waals surface area contributed by atoms with Crippen LogP contribution in [0.5, 0.6) is 0 Å². The van der Waals surface area contributed by atoms with Crippen molar-refractivity contribution in [3.8, 4) is 11.3 Å². The smallest absolute Gasteiger partial charge is 0.151 e. The van der Waals surface area contributed by atoms with E-state index < -0.39 is 0 Å². The molecule has 5 heteroatoms. The fourth-order valence-corrected chi connectivity index (χ4v) is 3.02. The Bertz CT molecular complexity index is 522. The number of hydrogen-bond acceptors (Lipinski definition) is 4. The molecule has 3 nitrogen and oxygen atoms in total. The average molecular weight is 298 g/mol. The molecule has 1 N–H and O–H groups in total. The first-order valence-electron chi connectivity index (χ1n) is 4.88. The van der Waals surface area contributed by atoms with Crippen LogP contribution in [0.4, 0.5) is 5.82 Å². The second kappa shape index (κ2) is 4.51. The van der Waals surface area contributed by atoms with Gasteiger partial charge in [-0.05, 0) is 40.9 Å². The van der Waals surface area contributed by atoms with Crippen LogP contribution in [0.25, 0.3) is 11.3 Å². The minimum absolute atomic E-state index is 0.840. The summed E-state index contributed by atoms with van der Waals surface area (Å²) in [5.74, 6) is 0.840. The summed E-state index contributed by atoms with van der Waals surface area (Å²) in [5, 5.41) is 15.6. The third-order valence-corrected chi connectivity index (χ3v) is 4.33. The number of rotatable bonds is 2. The SMILES string of the molecule is CNc1nnc(-c2cscc2Br)c(C)c1C. The Kier molecular flexibility index (Phi) is 3.25. The fraction of sp³-hybridized carbons (Fsp3) is 0.273. The van der Waals surface area contributed by atoms with Gasteiger partial charge in [-0.25, -0.2) is 0 Å². The summed E-state index contributed by atoms with van der Waals surface area (Å²) in [5.41, 5.74) is 4.37. The lowest BCUT2D eigenvalue weighted by Crippen LogP contribution is -2.02. The lowest BCUT2D eigenvalue weighted by atomic mass is 10.1. The Morgan fingerprint density at radius 2 is 1.94 bits per heavy atom. The van der Waals surface area contributed by atoms with Crippen molar-refractivity contribution in [2.24, 2.45) is 0 Å². The van der Waals surface area contributed by atoms with Crippen LogP contribution < -0.4 is 5.32 Å². The van der Waals surface area contributed by atoms with Gasteiger partial charge in [-0.15, -0.1) is 10.2 Å². The molecule has 0 unspecified atom stereocenters. The molecule has 0 atom stereocenters. The molecule has 0 aliphatic rings. The molecule has 0 radical (unpaired) electrons. The molecule has 0 fully saturated rings. The first-order chi connectivity index (χ1) is 7.65. The number of hydrogen-bond donors (Lipinski definition) is 1. The predicted octanol–water partition coefficient (Wildman–Crippen LogP) is 3.63. The molecular formula is C11H12BrN3S. The average Bonchev–Trinajstić information content (AvgIpc) is 2.69. The maximum Gasteiger partial charge on any atom is 0.151 e. The van der Waals surface area contributed by atoms with E-state index in [0.717, 1.165) is 27.1 Å². The summed E-state index contributed by atoms with van der Waals surface area (Å²) < 4.78 is 1.08. The first-order valence-corrected chi connectivity index (χ1v) is 6.62. The lowest BCUT2D eigenvalue weighted by Gasteiger charge is -2.10. The van der Waals surface area contributed by atoms with Gasteiger partial charge in [0.05, 0.1) is 5.69 Å². The Labute approximate surface area is 107 Å². The van der Waals surface area contributed by atoms with E-state index in [1.54, 1.807) is 11.3 Å². The summed E-state index contributed by atoms with van der Waals surface area (Å²) >= 11 is 5.18. The molecule has 0 aliphatic carbocycles. The van der Waals surface area contributed by atoms with Crippen molar-refractivity contribution in [1.29, 1.82) is 0 Å². The van der Waals surface area contributed by atoms with Crippen molar-refractivity contribution in [3.63, 3.8) is 0 Å². The van der Waals surface area contributed by atoms with Gasteiger partial charge in [0.15, 0.2) is 5.82 Å². The van der Waals surface area contributed by atoms with Gasteiger partial charge >= 0.3 is 0 Å². The number of halogens is 1. The van der Waals surface area contributed by atoms with Crippen molar-refractivity contribution >= 4 is 33.1 Å². The van der Waals surface area contributed by atoms with Gasteiger partial charge in [0.1, 0.15) is 0 Å². The van der Waals surface area contributed by atoms with Gasteiger partial charge in [-0.2, -0.15) is 11.3 Å². The molecule has 2 aromatic rings. The Hall–Kier alpha value is -0.940. The summed E-state index contributed by atoms with van der Waals surface area (Å²) in [6.45, 7) is 4.13. The van der Waals surface area contributed by atoms with E-state index in [4.69, 9.17) is 0 Å². The topological polar surface area (TPSA) is 37.8 Å². The Morgan fingerprint density at radius 1 is 1.19 bits per heavy atom. The van der Waals surface area contributed by atoms with Crippen LogP contribution in [0.3, 0.4) is 0 Å². The molecule has 2 rings (SSSR count). The number of thiophene rings is 1. The van der Waals surface area contributed by atoms with E-state index in [-0.39, 0.29) is 0 Å². The molecule has 84 valence electrons. The lowest BCUT2D eigenvalue weighted by molar-refractivity contribution is 1.00. The van der Waals surface area contributed by atoms with Crippen molar-refractivity contribution in [2.75, 3.05) is 12.4 Å². The summed E-state index contributed by atoms with van der Waals surface area (Å²) in [7, 11) is 1.86. The maximum atomic E-state index is 4.28. The Balaban J connectivity index is 2.60. The van der Waals surface area contributed by atoms with Crippen molar-refractivity contribution in [3.05, 3.63) is 26.4 Å². The molecule has 0 bridgehead atoms. The third-order valence-electron chi connectivity index (χ3n) is 2.63. The molecule has 16 heavy (non-hydrogen) atoms. The van der Waals surface area contributed by atoms with E-state index in [1.807, 2.05) is 7.05 Å². The second-order valence-electron chi connectivity index (χ2n) is 3.53. The van der Waals surface area contributed by atoms with Gasteiger partial charge in [0.2, 0.25) is 0 Å². The molecule has 0 spiro atoms. The zero-order valence-electron chi connectivity index (χ0n) is 9.34. The van der Waals surface area contributed by atoms with Gasteiger partial charge in [-0.1, -0.05) is 0 Å². The first kappa shape index (κ1) is 11.5. The second-order valence-corrected chi connectivity index (χ2v) is 5.13. The van der Waals surface area contributed by atoms with Gasteiger partial charge in [0.25, 0.3) is 0 Å². The van der Waals surface area contributed by atoms with E-state index in [1.165, 1.54) is 5.56 Å². The van der Waals surface area contributed by atoms with Crippen LogP contribution in [0, 0.1) is 13.8 Å². The minimum Gasteiger partial charge on any atom is -0.371 e. The van der Waals surface area contributed by atoms with Gasteiger partial charge in [0, 0.05) is 27.8 Å². The number of aromatic nitrogens is 2. The zero-order chi connectivity index (χ0) is 11.7. The highest BCUT2D eigenvalue weighted by Gasteiger charge is 2.13. The van der Waals surface area contributed by atoms with Crippen LogP contribution in [0.1, 0.15) is 11.1 Å². The Morgan fingerprint density at radius 3 is 2.50 bits per heavy atom. The van der Waals surface area contributed by atoms with Crippen LogP contribution in [-0.4, -0.2) is 17.2 Å². The molecule has 0 amide bonds. The van der Waals surface area contributed by atoms with E-state index in [0.29, 0.717) is 0 Å². The fourth-order valence-electron chi connectivity index (χ4n) is 1.55. The molecule has 0 aromatic carbocycles. The molecule has 2 aromatic heterocycles. The van der Waals surface area contributed by atoms with E-state index in [2.05, 4.69) is 56.1 Å². The molecule has 0 saturated carbocycles. The number of nitrogens with zero attached hydrogens (tertiary/aromatic N) is 2. The monoisotopic (exact) mass is 297 g/mol. The highest BCUT2D eigenvalue weighted by Crippen LogP contribution is 2.33. The predicted molar refractivity (Wildman–Crippen MR) is 72.1 cm³/mol. The van der Waals surface area contributed by atoms with E-state index in [9.17, 15) is 0 Å². The standard InChI is InChI=1S/C11H12BrN3S/c1-6-7(2)11(13-3)15-14-10(6)8-4-16-5-9(8)12/h4-5H,1-3H3,(H,13,15). The quantitative estimate of drug-likeness (QED) is 0.920. The molecule has 0 aliphatic heterocycles. The van der Waals surface area contributed by atoms with Crippen LogP contribution >= 0.6 is 27.3 Å². The van der Waals surface area contributed by atoms with Crippen molar-refractivity contribution < 1.29 is 0 Å². The summed E-state index contributed by atoms with van der Waals surface area (Å²) in [6, 6.07) is 0. The van der Waals surface area contributed by atoms with Crippen molar-refractivity contribution in [1.82, 2.24) is 10.2 Å². The molecule has 0 saturated heterocycles. The minimum atomic E-state index is 0.840. The number of anilines is 1. The maximum absolute atomic E-state index is 4.28. The number of nitrogens with one attached hydrogen (secondary N) is 1. The highest BCUT2D eigenvalue weighted by atomic mass is 79.9. The van der Waals surface area contributed by atoms with Crippen LogP contribution in [-0.2, 0) is 0 Å². The largest absolute Gasteiger partial charge is 0.371 e. The van der Waals surface area contributed by atoms with Gasteiger partial charge in [-0.3, -0.25) is 0 Å². The van der Waals surface area contributed by atoms with Crippen LogP contribution in [0.2, 0.25) is 0 Å². The summed E-state index contributed by atoms with van der Waals surface area (Å²) in [6.07, 6.45) is 0. The van der Waals surface area contributed by atoms with Crippen LogP contribution in [0.15, 0.2) is 15.2 Å².